The van der Waals surface area contributed by atoms with Crippen LogP contribution >= 0.6 is 27.5 Å². The quantitative estimate of drug-likeness (QED) is 0.732. The van der Waals surface area contributed by atoms with Gasteiger partial charge in [-0.15, -0.1) is 0 Å². The van der Waals surface area contributed by atoms with Crippen molar-refractivity contribution in [2.24, 2.45) is 0 Å². The topological polar surface area (TPSA) is 12.0 Å². The highest BCUT2D eigenvalue weighted by molar-refractivity contribution is 9.10. The number of benzene rings is 2. The summed E-state index contributed by atoms with van der Waals surface area (Å²) in [5, 5.41) is 3.30. The zero-order valence-electron chi connectivity index (χ0n) is 11.5. The van der Waals surface area contributed by atoms with Gasteiger partial charge in [0.05, 0.1) is 15.5 Å². The summed E-state index contributed by atoms with van der Waals surface area (Å²) in [6.07, 6.45) is 0.891. The molecule has 0 aromatic heterocycles. The lowest BCUT2D eigenvalue weighted by atomic mass is 9.98. The summed E-state index contributed by atoms with van der Waals surface area (Å²) in [5.41, 5.74) is 1.11. The molecule has 0 fully saturated rings. The van der Waals surface area contributed by atoms with Gasteiger partial charge in [0.1, 0.15) is 11.6 Å². The molecule has 0 saturated carbocycles. The van der Waals surface area contributed by atoms with Gasteiger partial charge < -0.3 is 5.32 Å². The van der Waals surface area contributed by atoms with Gasteiger partial charge in [0.25, 0.3) is 0 Å². The molecular weight excluding hydrogens is 360 g/mol. The minimum Gasteiger partial charge on any atom is -0.306 e. The van der Waals surface area contributed by atoms with E-state index < -0.39 is 11.9 Å². The molecule has 0 saturated heterocycles. The third kappa shape index (κ3) is 3.82. The van der Waals surface area contributed by atoms with Gasteiger partial charge in [-0.05, 0) is 52.7 Å². The van der Waals surface area contributed by atoms with Crippen LogP contribution in [0.3, 0.4) is 0 Å². The van der Waals surface area contributed by atoms with Crippen molar-refractivity contribution < 1.29 is 8.78 Å². The lowest BCUT2D eigenvalue weighted by Crippen LogP contribution is -2.24. The molecular formula is C16H15BrClF2N. The van der Waals surface area contributed by atoms with Crippen LogP contribution in [0.25, 0.3) is 0 Å². The van der Waals surface area contributed by atoms with Gasteiger partial charge in [0.2, 0.25) is 0 Å². The van der Waals surface area contributed by atoms with Crippen LogP contribution in [0.2, 0.25) is 5.02 Å². The number of hydrogen-bond donors (Lipinski definition) is 1. The van der Waals surface area contributed by atoms with Crippen LogP contribution in [0.15, 0.2) is 40.9 Å². The van der Waals surface area contributed by atoms with Gasteiger partial charge in [0, 0.05) is 5.56 Å². The van der Waals surface area contributed by atoms with Gasteiger partial charge in [-0.2, -0.15) is 0 Å². The zero-order valence-corrected chi connectivity index (χ0v) is 13.8. The third-order valence-electron chi connectivity index (χ3n) is 3.17. The van der Waals surface area contributed by atoms with Crippen LogP contribution in [-0.2, 0) is 0 Å². The van der Waals surface area contributed by atoms with Gasteiger partial charge >= 0.3 is 0 Å². The van der Waals surface area contributed by atoms with Crippen molar-refractivity contribution in [2.45, 2.75) is 19.4 Å². The first-order chi connectivity index (χ1) is 10.0. The van der Waals surface area contributed by atoms with E-state index in [0.29, 0.717) is 22.1 Å². The second-order valence-electron chi connectivity index (χ2n) is 4.70. The van der Waals surface area contributed by atoms with Crippen LogP contribution < -0.4 is 5.32 Å². The van der Waals surface area contributed by atoms with Crippen molar-refractivity contribution in [1.82, 2.24) is 5.32 Å². The fourth-order valence-electron chi connectivity index (χ4n) is 2.13. The molecule has 0 aliphatic heterocycles. The molecule has 21 heavy (non-hydrogen) atoms. The second-order valence-corrected chi connectivity index (χ2v) is 5.97. The number of halogens is 4. The molecule has 1 nitrogen and oxygen atoms in total. The molecule has 5 heteroatoms. The highest BCUT2D eigenvalue weighted by atomic mass is 79.9. The molecule has 2 aromatic rings. The van der Waals surface area contributed by atoms with Crippen LogP contribution in [0.1, 0.15) is 30.5 Å². The molecule has 0 aliphatic carbocycles. The average Bonchev–Trinajstić information content (AvgIpc) is 2.47. The van der Waals surface area contributed by atoms with Gasteiger partial charge in [0.15, 0.2) is 0 Å². The molecule has 2 aromatic carbocycles. The highest BCUT2D eigenvalue weighted by Crippen LogP contribution is 2.30. The van der Waals surface area contributed by atoms with Crippen LogP contribution in [0, 0.1) is 11.6 Å². The summed E-state index contributed by atoms with van der Waals surface area (Å²) in [5.74, 6) is -0.852. The summed E-state index contributed by atoms with van der Waals surface area (Å²) < 4.78 is 28.4. The summed E-state index contributed by atoms with van der Waals surface area (Å²) in [6, 6.07) is 9.21. The second kappa shape index (κ2) is 7.34. The molecule has 112 valence electrons. The van der Waals surface area contributed by atoms with Crippen molar-refractivity contribution in [3.05, 3.63) is 68.7 Å². The number of rotatable bonds is 5. The predicted molar refractivity (Wildman–Crippen MR) is 85.6 cm³/mol. The summed E-state index contributed by atoms with van der Waals surface area (Å²) in [4.78, 5) is 0. The van der Waals surface area contributed by atoms with Gasteiger partial charge in [-0.1, -0.05) is 36.7 Å². The normalized spacial score (nSPS) is 12.4. The van der Waals surface area contributed by atoms with Gasteiger partial charge in [-0.3, -0.25) is 0 Å². The maximum atomic E-state index is 14.3. The Labute approximate surface area is 136 Å². The van der Waals surface area contributed by atoms with Crippen molar-refractivity contribution in [3.63, 3.8) is 0 Å². The molecule has 0 bridgehead atoms. The molecule has 1 unspecified atom stereocenters. The summed E-state index contributed by atoms with van der Waals surface area (Å²) in [7, 11) is 0. The molecule has 0 radical (unpaired) electrons. The van der Waals surface area contributed by atoms with E-state index in [2.05, 4.69) is 21.2 Å². The van der Waals surface area contributed by atoms with Gasteiger partial charge in [-0.25, -0.2) is 8.78 Å². The molecule has 0 spiro atoms. The maximum absolute atomic E-state index is 14.3. The average molecular weight is 375 g/mol. The zero-order chi connectivity index (χ0) is 15.4. The highest BCUT2D eigenvalue weighted by Gasteiger charge is 2.19. The smallest absolute Gasteiger partial charge is 0.142 e. The Kier molecular flexibility index (Phi) is 5.73. The van der Waals surface area contributed by atoms with Crippen molar-refractivity contribution >= 4 is 27.5 Å². The molecule has 0 aliphatic rings. The van der Waals surface area contributed by atoms with E-state index in [1.807, 2.05) is 6.92 Å². The Morgan fingerprint density at radius 1 is 1.24 bits per heavy atom. The first kappa shape index (κ1) is 16.4. The minimum absolute atomic E-state index is 0.0581. The van der Waals surface area contributed by atoms with E-state index in [1.165, 1.54) is 12.1 Å². The first-order valence-electron chi connectivity index (χ1n) is 6.66. The minimum atomic E-state index is -0.507. The SMILES string of the molecule is CCCNC(c1ccc(Cl)c(F)c1)c1cccc(Br)c1F. The maximum Gasteiger partial charge on any atom is 0.142 e. The Balaban J connectivity index is 2.47. The van der Waals surface area contributed by atoms with Crippen LogP contribution in [0.5, 0.6) is 0 Å². The van der Waals surface area contributed by atoms with Crippen molar-refractivity contribution in [2.75, 3.05) is 6.54 Å². The Morgan fingerprint density at radius 2 is 2.00 bits per heavy atom. The lowest BCUT2D eigenvalue weighted by molar-refractivity contribution is 0.540. The lowest BCUT2D eigenvalue weighted by Gasteiger charge is -2.21. The Morgan fingerprint density at radius 3 is 2.67 bits per heavy atom. The standard InChI is InChI=1S/C16H15BrClF2N/c1-2-8-21-16(10-6-7-13(18)14(19)9-10)11-4-3-5-12(17)15(11)20/h3-7,9,16,21H,2,8H2,1H3. The molecule has 1 atom stereocenters. The fraction of sp³-hybridized carbons (Fsp3) is 0.250. The Hall–Kier alpha value is -0.970. The Bertz CT molecular complexity index is 634. The predicted octanol–water partition coefficient (Wildman–Crippen LogP) is 5.47. The van der Waals surface area contributed by atoms with Crippen molar-refractivity contribution in [1.29, 1.82) is 0 Å². The van der Waals surface area contributed by atoms with Crippen molar-refractivity contribution in [3.8, 4) is 0 Å². The fourth-order valence-corrected chi connectivity index (χ4v) is 2.63. The van der Waals surface area contributed by atoms with E-state index in [0.717, 1.165) is 6.42 Å². The molecule has 1 N–H and O–H groups in total. The summed E-state index contributed by atoms with van der Waals surface area (Å²) >= 11 is 8.90. The molecule has 0 heterocycles. The number of nitrogens with one attached hydrogen (secondary N) is 1. The summed E-state index contributed by atoms with van der Waals surface area (Å²) in [6.45, 7) is 2.71. The number of hydrogen-bond acceptors (Lipinski definition) is 1. The van der Waals surface area contributed by atoms with E-state index in [4.69, 9.17) is 11.6 Å². The largest absolute Gasteiger partial charge is 0.306 e. The monoisotopic (exact) mass is 373 g/mol. The van der Waals surface area contributed by atoms with E-state index in [1.54, 1.807) is 24.3 Å². The van der Waals surface area contributed by atoms with Crippen LogP contribution in [0.4, 0.5) is 8.78 Å². The first-order valence-corrected chi connectivity index (χ1v) is 7.84. The molecule has 2 rings (SSSR count). The van der Waals surface area contributed by atoms with E-state index >= 15 is 0 Å². The van der Waals surface area contributed by atoms with Crippen LogP contribution in [-0.4, -0.2) is 6.54 Å². The van der Waals surface area contributed by atoms with E-state index in [9.17, 15) is 8.78 Å². The molecule has 0 amide bonds. The van der Waals surface area contributed by atoms with E-state index in [-0.39, 0.29) is 10.8 Å². The third-order valence-corrected chi connectivity index (χ3v) is 4.09.